The maximum absolute atomic E-state index is 11.6. The molecule has 1 aliphatic heterocycles. The number of hydrogen-bond donors (Lipinski definition) is 0. The Balaban J connectivity index is 1.86. The first-order valence-electron chi connectivity index (χ1n) is 5.30. The minimum absolute atomic E-state index is 0.0860. The molecule has 4 rings (SSSR count). The van der Waals surface area contributed by atoms with Gasteiger partial charge in [-0.2, -0.15) is 0 Å². The van der Waals surface area contributed by atoms with Gasteiger partial charge in [-0.05, 0) is 24.2 Å². The number of alkyl halides is 1. The molecule has 2 saturated carbocycles. The average Bonchev–Trinajstić information content (AvgIpc) is 2.78. The number of allylic oxidation sites excluding steroid dienone is 2. The van der Waals surface area contributed by atoms with E-state index in [1.165, 1.54) is 0 Å². The first kappa shape index (κ1) is 8.13. The van der Waals surface area contributed by atoms with E-state index in [1.807, 2.05) is 0 Å². The van der Waals surface area contributed by atoms with E-state index in [0.29, 0.717) is 21.7 Å². The number of hydrogen-bond acceptors (Lipinski definition) is 2. The van der Waals surface area contributed by atoms with E-state index in [9.17, 15) is 4.79 Å². The van der Waals surface area contributed by atoms with Gasteiger partial charge in [0.1, 0.15) is 6.10 Å². The zero-order valence-corrected chi connectivity index (χ0v) is 9.76. The fraction of sp³-hybridized carbons (Fsp3) is 0.727. The second-order valence-electron chi connectivity index (χ2n) is 4.97. The number of ether oxygens (including phenoxy) is 1. The molecule has 2 nitrogen and oxygen atoms in total. The molecule has 74 valence electrons. The van der Waals surface area contributed by atoms with Crippen molar-refractivity contribution in [2.45, 2.75) is 16.4 Å². The first-order valence-corrected chi connectivity index (χ1v) is 6.55. The van der Waals surface area contributed by atoms with Crippen molar-refractivity contribution in [3.63, 3.8) is 0 Å². The third-order valence-corrected chi connectivity index (χ3v) is 6.11. The molecule has 3 heteroatoms. The van der Waals surface area contributed by atoms with Gasteiger partial charge in [0.05, 0.1) is 9.84 Å². The van der Waals surface area contributed by atoms with E-state index < -0.39 is 0 Å². The molecule has 0 N–H and O–H groups in total. The van der Waals surface area contributed by atoms with Crippen LogP contribution in [0, 0.1) is 29.6 Å². The summed E-state index contributed by atoms with van der Waals surface area (Å²) in [5, 5.41) is 0. The number of halogens is 1. The van der Waals surface area contributed by atoms with Crippen molar-refractivity contribution >= 4 is 28.6 Å². The van der Waals surface area contributed by atoms with Crippen LogP contribution in [0.3, 0.4) is 0 Å². The lowest BCUT2D eigenvalue weighted by molar-refractivity contribution is -0.144. The highest BCUT2D eigenvalue weighted by Crippen LogP contribution is 2.63. The topological polar surface area (TPSA) is 26.3 Å². The van der Waals surface area contributed by atoms with Gasteiger partial charge in [-0.1, -0.05) is 34.7 Å². The smallest absolute Gasteiger partial charge is 0.309 e. The minimum atomic E-state index is 0.0860. The van der Waals surface area contributed by atoms with Crippen LogP contribution >= 0.6 is 22.6 Å². The molecule has 7 atom stereocenters. The van der Waals surface area contributed by atoms with Crippen LogP contribution in [0.15, 0.2) is 12.2 Å². The molecule has 0 aromatic heterocycles. The summed E-state index contributed by atoms with van der Waals surface area (Å²) in [4.78, 5) is 11.6. The highest BCUT2D eigenvalue weighted by molar-refractivity contribution is 14.1. The van der Waals surface area contributed by atoms with E-state index >= 15 is 0 Å². The molecular formula is C11H11IO2. The summed E-state index contributed by atoms with van der Waals surface area (Å²) in [6.45, 7) is 0. The van der Waals surface area contributed by atoms with Gasteiger partial charge in [0.25, 0.3) is 0 Å². The van der Waals surface area contributed by atoms with Crippen LogP contribution in [-0.4, -0.2) is 16.0 Å². The molecule has 0 bridgehead atoms. The fourth-order valence-electron chi connectivity index (χ4n) is 4.13. The standard InChI is InChI=1S/C11H11IO2/c12-9-5-2-1-4-3-6-8(7(4)5)10(9)14-11(6)13/h1-2,4-10H,3H2/t4-,5+,6+,7+,8-,9+,10+/m1/s1. The van der Waals surface area contributed by atoms with Gasteiger partial charge < -0.3 is 4.74 Å². The quantitative estimate of drug-likeness (QED) is 0.295. The summed E-state index contributed by atoms with van der Waals surface area (Å²) in [7, 11) is 0. The minimum Gasteiger partial charge on any atom is -0.461 e. The van der Waals surface area contributed by atoms with Gasteiger partial charge in [0.2, 0.25) is 0 Å². The molecule has 0 amide bonds. The van der Waals surface area contributed by atoms with Crippen molar-refractivity contribution in [2.24, 2.45) is 29.6 Å². The third kappa shape index (κ3) is 0.708. The van der Waals surface area contributed by atoms with Crippen molar-refractivity contribution in [3.05, 3.63) is 12.2 Å². The lowest BCUT2D eigenvalue weighted by Crippen LogP contribution is -2.21. The van der Waals surface area contributed by atoms with E-state index in [4.69, 9.17) is 4.74 Å². The monoisotopic (exact) mass is 302 g/mol. The van der Waals surface area contributed by atoms with E-state index in [1.54, 1.807) is 0 Å². The van der Waals surface area contributed by atoms with Gasteiger partial charge in [-0.25, -0.2) is 0 Å². The van der Waals surface area contributed by atoms with Crippen LogP contribution in [-0.2, 0) is 9.53 Å². The molecule has 0 unspecified atom stereocenters. The first-order chi connectivity index (χ1) is 6.77. The number of carbonyl (C=O) groups is 1. The molecular weight excluding hydrogens is 291 g/mol. The van der Waals surface area contributed by atoms with Gasteiger partial charge in [0.15, 0.2) is 0 Å². The zero-order valence-electron chi connectivity index (χ0n) is 7.60. The van der Waals surface area contributed by atoms with Crippen molar-refractivity contribution < 1.29 is 9.53 Å². The molecule has 1 saturated heterocycles. The lowest BCUT2D eigenvalue weighted by Gasteiger charge is -2.14. The highest BCUT2D eigenvalue weighted by Gasteiger charge is 2.66. The Morgan fingerprint density at radius 2 is 2.21 bits per heavy atom. The maximum Gasteiger partial charge on any atom is 0.309 e. The summed E-state index contributed by atoms with van der Waals surface area (Å²) >= 11 is 2.48. The number of esters is 1. The Hall–Kier alpha value is -0.0600. The highest BCUT2D eigenvalue weighted by atomic mass is 127. The molecule has 0 spiro atoms. The Labute approximate surface area is 96.2 Å². The molecule has 3 aliphatic carbocycles. The number of carbonyl (C=O) groups excluding carboxylic acids is 1. The Kier molecular flexibility index (Phi) is 1.37. The fourth-order valence-corrected chi connectivity index (χ4v) is 5.47. The average molecular weight is 302 g/mol. The van der Waals surface area contributed by atoms with E-state index in [-0.39, 0.29) is 18.0 Å². The molecule has 0 aromatic carbocycles. The van der Waals surface area contributed by atoms with E-state index in [2.05, 4.69) is 34.7 Å². The molecule has 3 fully saturated rings. The lowest BCUT2D eigenvalue weighted by atomic mass is 9.89. The van der Waals surface area contributed by atoms with Crippen LogP contribution in [0.25, 0.3) is 0 Å². The summed E-state index contributed by atoms with van der Waals surface area (Å²) in [6.07, 6.45) is 6.01. The summed E-state index contributed by atoms with van der Waals surface area (Å²) < 4.78 is 6.03. The zero-order chi connectivity index (χ0) is 9.45. The van der Waals surface area contributed by atoms with Crippen LogP contribution in [0.2, 0.25) is 0 Å². The molecule has 4 aliphatic rings. The predicted octanol–water partition coefficient (Wildman–Crippen LogP) is 1.78. The van der Waals surface area contributed by atoms with Crippen molar-refractivity contribution in [2.75, 3.05) is 0 Å². The van der Waals surface area contributed by atoms with Crippen LogP contribution < -0.4 is 0 Å². The Morgan fingerprint density at radius 3 is 3.07 bits per heavy atom. The van der Waals surface area contributed by atoms with Crippen LogP contribution in [0.5, 0.6) is 0 Å². The molecule has 14 heavy (non-hydrogen) atoms. The summed E-state index contributed by atoms with van der Waals surface area (Å²) in [5.74, 6) is 2.98. The summed E-state index contributed by atoms with van der Waals surface area (Å²) in [5.41, 5.74) is 0. The Morgan fingerprint density at radius 1 is 1.36 bits per heavy atom. The molecule has 1 heterocycles. The van der Waals surface area contributed by atoms with Crippen molar-refractivity contribution in [1.29, 1.82) is 0 Å². The van der Waals surface area contributed by atoms with Gasteiger partial charge in [0, 0.05) is 5.92 Å². The maximum atomic E-state index is 11.6. The van der Waals surface area contributed by atoms with Crippen LogP contribution in [0.1, 0.15) is 6.42 Å². The van der Waals surface area contributed by atoms with Gasteiger partial charge in [-0.3, -0.25) is 4.79 Å². The number of rotatable bonds is 0. The predicted molar refractivity (Wildman–Crippen MR) is 58.9 cm³/mol. The van der Waals surface area contributed by atoms with Crippen molar-refractivity contribution in [1.82, 2.24) is 0 Å². The Bertz CT molecular complexity index is 351. The second-order valence-corrected chi connectivity index (χ2v) is 6.41. The van der Waals surface area contributed by atoms with Gasteiger partial charge >= 0.3 is 5.97 Å². The van der Waals surface area contributed by atoms with Crippen molar-refractivity contribution in [3.8, 4) is 0 Å². The second kappa shape index (κ2) is 2.36. The molecule has 0 aromatic rings. The van der Waals surface area contributed by atoms with Crippen LogP contribution in [0.4, 0.5) is 0 Å². The molecule has 0 radical (unpaired) electrons. The normalized spacial score (nSPS) is 62.1. The van der Waals surface area contributed by atoms with E-state index in [0.717, 1.165) is 12.3 Å². The van der Waals surface area contributed by atoms with Gasteiger partial charge in [-0.15, -0.1) is 0 Å². The summed E-state index contributed by atoms with van der Waals surface area (Å²) in [6, 6.07) is 0. The largest absolute Gasteiger partial charge is 0.461 e. The SMILES string of the molecule is O=C1O[C@@H]2[C@@H](I)[C@H]3C=C[C@@H]4C[C@H]1[C@@H]2[C@H]34. The third-order valence-electron chi connectivity index (χ3n) is 4.57.